The second-order valence-electron chi connectivity index (χ2n) is 10.3. The minimum atomic E-state index is -0.639. The van der Waals surface area contributed by atoms with Gasteiger partial charge in [0.1, 0.15) is 6.04 Å². The Morgan fingerprint density at radius 3 is 2.51 bits per heavy atom. The second-order valence-corrected chi connectivity index (χ2v) is 11.3. The summed E-state index contributed by atoms with van der Waals surface area (Å²) in [5, 5.41) is 13.2. The SMILES string of the molecule is O=C1CCC(N2Cc3cc(C(O)CN4CC5(C4)CN(c4ccc(Br)cc4)C5)ccc3C2=O)C(=O)N1. The first-order valence-electron chi connectivity index (χ1n) is 12.0. The molecule has 4 aliphatic heterocycles. The van der Waals surface area contributed by atoms with E-state index in [1.807, 2.05) is 12.1 Å². The summed E-state index contributed by atoms with van der Waals surface area (Å²) < 4.78 is 1.08. The van der Waals surface area contributed by atoms with Gasteiger partial charge in [-0.3, -0.25) is 24.6 Å². The number of nitrogens with one attached hydrogen (secondary N) is 1. The van der Waals surface area contributed by atoms with Crippen molar-refractivity contribution in [1.82, 2.24) is 15.1 Å². The van der Waals surface area contributed by atoms with Crippen LogP contribution >= 0.6 is 15.9 Å². The summed E-state index contributed by atoms with van der Waals surface area (Å²) in [6.45, 7) is 4.91. The molecule has 1 spiro atoms. The van der Waals surface area contributed by atoms with E-state index in [0.717, 1.165) is 41.8 Å². The summed E-state index contributed by atoms with van der Waals surface area (Å²) in [5.74, 6) is -0.902. The van der Waals surface area contributed by atoms with Crippen LogP contribution in [-0.4, -0.2) is 71.4 Å². The first-order chi connectivity index (χ1) is 16.8. The number of benzene rings is 2. The highest BCUT2D eigenvalue weighted by Gasteiger charge is 2.51. The van der Waals surface area contributed by atoms with E-state index in [0.29, 0.717) is 30.5 Å². The smallest absolute Gasteiger partial charge is 0.255 e. The summed E-state index contributed by atoms with van der Waals surface area (Å²) in [7, 11) is 0. The van der Waals surface area contributed by atoms with Crippen LogP contribution in [0.2, 0.25) is 0 Å². The van der Waals surface area contributed by atoms with Crippen molar-refractivity contribution < 1.29 is 19.5 Å². The van der Waals surface area contributed by atoms with Gasteiger partial charge in [-0.2, -0.15) is 0 Å². The lowest BCUT2D eigenvalue weighted by Gasteiger charge is -2.61. The summed E-state index contributed by atoms with van der Waals surface area (Å²) in [6.07, 6.45) is -0.0609. The van der Waals surface area contributed by atoms with Crippen LogP contribution < -0.4 is 10.2 Å². The highest BCUT2D eigenvalue weighted by atomic mass is 79.9. The average molecular weight is 539 g/mol. The lowest BCUT2D eigenvalue weighted by atomic mass is 9.72. The molecule has 3 saturated heterocycles. The largest absolute Gasteiger partial charge is 0.387 e. The van der Waals surface area contributed by atoms with E-state index >= 15 is 0 Å². The highest BCUT2D eigenvalue weighted by molar-refractivity contribution is 9.10. The molecule has 9 heteroatoms. The molecule has 35 heavy (non-hydrogen) atoms. The standard InChI is InChI=1S/C26H27BrN4O4/c27-18-2-4-19(5-3-18)30-14-26(15-30)12-29(13-26)11-22(32)16-1-6-20-17(9-16)10-31(25(20)35)21-7-8-23(33)28-24(21)34/h1-6,9,21-22,32H,7-8,10-15H2,(H,28,33,34). The quantitative estimate of drug-likeness (QED) is 0.566. The predicted octanol–water partition coefficient (Wildman–Crippen LogP) is 2.07. The fraction of sp³-hybridized carbons (Fsp3) is 0.423. The number of halogens is 1. The Hall–Kier alpha value is -2.75. The molecule has 2 atom stereocenters. The molecule has 8 nitrogen and oxygen atoms in total. The Bertz CT molecular complexity index is 1200. The van der Waals surface area contributed by atoms with Gasteiger partial charge in [-0.05, 0) is 47.9 Å². The Labute approximate surface area is 212 Å². The van der Waals surface area contributed by atoms with Crippen molar-refractivity contribution in [1.29, 1.82) is 0 Å². The van der Waals surface area contributed by atoms with E-state index < -0.39 is 18.1 Å². The van der Waals surface area contributed by atoms with Crippen LogP contribution in [0.15, 0.2) is 46.9 Å². The molecular formula is C26H27BrN4O4. The normalized spacial score (nSPS) is 24.2. The fourth-order valence-electron chi connectivity index (χ4n) is 5.98. The molecule has 0 saturated carbocycles. The zero-order valence-corrected chi connectivity index (χ0v) is 20.8. The lowest BCUT2D eigenvalue weighted by Crippen LogP contribution is -2.72. The number of amides is 3. The maximum atomic E-state index is 12.9. The zero-order valence-electron chi connectivity index (χ0n) is 19.2. The Balaban J connectivity index is 1.04. The predicted molar refractivity (Wildman–Crippen MR) is 133 cm³/mol. The zero-order chi connectivity index (χ0) is 24.3. The maximum Gasteiger partial charge on any atom is 0.255 e. The van der Waals surface area contributed by atoms with E-state index in [1.54, 1.807) is 6.07 Å². The Morgan fingerprint density at radius 2 is 1.80 bits per heavy atom. The Morgan fingerprint density at radius 1 is 1.06 bits per heavy atom. The fourth-order valence-corrected chi connectivity index (χ4v) is 6.25. The van der Waals surface area contributed by atoms with E-state index in [4.69, 9.17) is 0 Å². The number of fused-ring (bicyclic) bond motifs is 1. The van der Waals surface area contributed by atoms with Crippen LogP contribution in [-0.2, 0) is 16.1 Å². The molecule has 0 radical (unpaired) electrons. The van der Waals surface area contributed by atoms with Gasteiger partial charge in [-0.25, -0.2) is 0 Å². The molecule has 182 valence electrons. The second kappa shape index (κ2) is 8.43. The van der Waals surface area contributed by atoms with Crippen molar-refractivity contribution >= 4 is 39.3 Å². The average Bonchev–Trinajstić information content (AvgIpc) is 3.10. The summed E-state index contributed by atoms with van der Waals surface area (Å²) in [5.41, 5.74) is 3.74. The van der Waals surface area contributed by atoms with Crippen LogP contribution in [0, 0.1) is 5.41 Å². The van der Waals surface area contributed by atoms with Crippen LogP contribution in [0.3, 0.4) is 0 Å². The number of likely N-dealkylation sites (tertiary alicyclic amines) is 1. The van der Waals surface area contributed by atoms with Crippen molar-refractivity contribution in [3.05, 3.63) is 63.6 Å². The summed E-state index contributed by atoms with van der Waals surface area (Å²) in [4.78, 5) is 42.8. The number of rotatable bonds is 5. The molecule has 2 aromatic rings. The van der Waals surface area contributed by atoms with E-state index in [-0.39, 0.29) is 18.2 Å². The molecule has 2 unspecified atom stereocenters. The number of anilines is 1. The number of aliphatic hydroxyl groups is 1. The molecule has 6 rings (SSSR count). The summed E-state index contributed by atoms with van der Waals surface area (Å²) >= 11 is 3.48. The number of carbonyl (C=O) groups is 3. The third-order valence-corrected chi connectivity index (χ3v) is 8.25. The number of hydrogen-bond acceptors (Lipinski definition) is 6. The molecule has 0 aliphatic carbocycles. The number of aliphatic hydroxyl groups excluding tert-OH is 1. The van der Waals surface area contributed by atoms with Crippen molar-refractivity contribution in [2.75, 3.05) is 37.6 Å². The van der Waals surface area contributed by atoms with Gasteiger partial charge in [0.15, 0.2) is 0 Å². The van der Waals surface area contributed by atoms with E-state index in [9.17, 15) is 19.5 Å². The van der Waals surface area contributed by atoms with E-state index in [1.165, 1.54) is 10.6 Å². The van der Waals surface area contributed by atoms with E-state index in [2.05, 4.69) is 55.3 Å². The first-order valence-corrected chi connectivity index (χ1v) is 12.8. The van der Waals surface area contributed by atoms with Crippen LogP contribution in [0.5, 0.6) is 0 Å². The number of piperidine rings is 1. The monoisotopic (exact) mass is 538 g/mol. The first kappa shape index (κ1) is 22.7. The molecular weight excluding hydrogens is 512 g/mol. The number of nitrogens with zero attached hydrogens (tertiary/aromatic N) is 3. The lowest BCUT2D eigenvalue weighted by molar-refractivity contribution is -0.136. The third kappa shape index (κ3) is 4.05. The molecule has 2 N–H and O–H groups in total. The minimum absolute atomic E-state index is 0.194. The van der Waals surface area contributed by atoms with Gasteiger partial charge in [0.25, 0.3) is 5.91 Å². The molecule has 4 aliphatic rings. The topological polar surface area (TPSA) is 93.2 Å². The van der Waals surface area contributed by atoms with Crippen molar-refractivity contribution in [2.45, 2.75) is 31.5 Å². The molecule has 3 amide bonds. The molecule has 2 aromatic carbocycles. The van der Waals surface area contributed by atoms with Gasteiger partial charge < -0.3 is 14.9 Å². The van der Waals surface area contributed by atoms with Crippen molar-refractivity contribution in [2.24, 2.45) is 5.41 Å². The van der Waals surface area contributed by atoms with Crippen molar-refractivity contribution in [3.8, 4) is 0 Å². The van der Waals surface area contributed by atoms with Gasteiger partial charge in [0.05, 0.1) is 6.10 Å². The van der Waals surface area contributed by atoms with Crippen LogP contribution in [0.1, 0.15) is 40.4 Å². The number of hydrogen-bond donors (Lipinski definition) is 2. The number of imide groups is 1. The minimum Gasteiger partial charge on any atom is -0.387 e. The number of β-amino-alcohol motifs (C(OH)–C–C–N with tert-alkyl or cyclic N) is 1. The van der Waals surface area contributed by atoms with Gasteiger partial charge in [0, 0.05) is 66.8 Å². The third-order valence-electron chi connectivity index (χ3n) is 7.73. The van der Waals surface area contributed by atoms with Gasteiger partial charge in [-0.1, -0.05) is 28.1 Å². The van der Waals surface area contributed by atoms with Gasteiger partial charge >= 0.3 is 0 Å². The van der Waals surface area contributed by atoms with Gasteiger partial charge in [-0.15, -0.1) is 0 Å². The molecule has 0 aromatic heterocycles. The summed E-state index contributed by atoms with van der Waals surface area (Å²) in [6, 6.07) is 13.2. The maximum absolute atomic E-state index is 12.9. The van der Waals surface area contributed by atoms with Crippen molar-refractivity contribution in [3.63, 3.8) is 0 Å². The highest BCUT2D eigenvalue weighted by Crippen LogP contribution is 2.42. The molecule has 0 bridgehead atoms. The molecule has 3 fully saturated rings. The van der Waals surface area contributed by atoms with Gasteiger partial charge in [0.2, 0.25) is 11.8 Å². The number of carbonyl (C=O) groups excluding carboxylic acids is 3. The van der Waals surface area contributed by atoms with Crippen LogP contribution in [0.25, 0.3) is 0 Å². The van der Waals surface area contributed by atoms with Crippen LogP contribution in [0.4, 0.5) is 5.69 Å². The Kier molecular flexibility index (Phi) is 5.47. The molecule has 4 heterocycles.